The van der Waals surface area contributed by atoms with E-state index in [1.807, 2.05) is 0 Å². The number of nitrogens with zero attached hydrogens (tertiary/aromatic N) is 3. The van der Waals surface area contributed by atoms with Gasteiger partial charge < -0.3 is 15.0 Å². The van der Waals surface area contributed by atoms with Crippen LogP contribution in [0.3, 0.4) is 0 Å². The Kier molecular flexibility index (Phi) is 3.91. The summed E-state index contributed by atoms with van der Waals surface area (Å²) < 4.78 is 33.6. The van der Waals surface area contributed by atoms with Crippen molar-refractivity contribution in [2.24, 2.45) is 7.05 Å². The van der Waals surface area contributed by atoms with Crippen LogP contribution in [0.2, 0.25) is 0 Å². The van der Waals surface area contributed by atoms with Crippen LogP contribution in [-0.4, -0.2) is 30.3 Å². The molecule has 0 unspecified atom stereocenters. The van der Waals surface area contributed by atoms with Gasteiger partial charge in [0, 0.05) is 12.7 Å². The molecule has 0 amide bonds. The van der Waals surface area contributed by atoms with E-state index in [2.05, 4.69) is 14.9 Å². The van der Waals surface area contributed by atoms with E-state index < -0.39 is 10.0 Å². The number of nitrogens with two attached hydrogens (primary N) is 1. The molecule has 0 saturated carbocycles. The summed E-state index contributed by atoms with van der Waals surface area (Å²) in [4.78, 5) is -0.0119. The molecule has 0 radical (unpaired) electrons. The van der Waals surface area contributed by atoms with Gasteiger partial charge in [0.25, 0.3) is 0 Å². The van der Waals surface area contributed by atoms with Gasteiger partial charge in [-0.25, -0.2) is 13.1 Å². The lowest BCUT2D eigenvalue weighted by Gasteiger charge is -2.11. The average Bonchev–Trinajstić information content (AvgIpc) is 2.82. The number of aromatic nitrogens is 3. The molecule has 1 aromatic heterocycles. The lowest BCUT2D eigenvalue weighted by atomic mass is 10.3. The zero-order valence-electron chi connectivity index (χ0n) is 11.1. The highest BCUT2D eigenvalue weighted by molar-refractivity contribution is 7.89. The first-order valence-corrected chi connectivity index (χ1v) is 7.18. The van der Waals surface area contributed by atoms with Crippen LogP contribution in [0.4, 0.5) is 5.69 Å². The molecule has 8 nitrogen and oxygen atoms in total. The largest absolute Gasteiger partial charge is 0.495 e. The number of hydrogen-bond donors (Lipinski definition) is 2. The Labute approximate surface area is 116 Å². The molecule has 0 atom stereocenters. The summed E-state index contributed by atoms with van der Waals surface area (Å²) in [7, 11) is -0.632. The first-order chi connectivity index (χ1) is 9.44. The molecular formula is C11H15N5O3S. The number of nitrogens with one attached hydrogen (secondary N) is 1. The molecule has 0 aliphatic heterocycles. The topological polar surface area (TPSA) is 112 Å². The van der Waals surface area contributed by atoms with E-state index in [-0.39, 0.29) is 17.2 Å². The van der Waals surface area contributed by atoms with Gasteiger partial charge in [0.2, 0.25) is 10.0 Å². The Morgan fingerprint density at radius 3 is 2.80 bits per heavy atom. The van der Waals surface area contributed by atoms with Gasteiger partial charge in [0.15, 0.2) is 0 Å². The molecule has 0 aliphatic rings. The van der Waals surface area contributed by atoms with Crippen LogP contribution in [0.5, 0.6) is 5.75 Å². The van der Waals surface area contributed by atoms with Crippen LogP contribution >= 0.6 is 0 Å². The van der Waals surface area contributed by atoms with Crippen molar-refractivity contribution in [1.82, 2.24) is 19.5 Å². The van der Waals surface area contributed by atoms with E-state index in [1.165, 1.54) is 25.6 Å². The molecule has 1 aromatic carbocycles. The van der Waals surface area contributed by atoms with E-state index in [4.69, 9.17) is 10.5 Å². The van der Waals surface area contributed by atoms with E-state index in [9.17, 15) is 8.42 Å². The molecule has 1 heterocycles. The Hall–Kier alpha value is -2.13. The van der Waals surface area contributed by atoms with Crippen LogP contribution in [0.1, 0.15) is 5.82 Å². The minimum Gasteiger partial charge on any atom is -0.495 e. The van der Waals surface area contributed by atoms with Gasteiger partial charge in [-0.05, 0) is 18.2 Å². The summed E-state index contributed by atoms with van der Waals surface area (Å²) in [5.74, 6) is 0.723. The zero-order valence-corrected chi connectivity index (χ0v) is 11.9. The third-order valence-electron chi connectivity index (χ3n) is 2.70. The number of hydrogen-bond acceptors (Lipinski definition) is 6. The second kappa shape index (κ2) is 5.47. The first-order valence-electron chi connectivity index (χ1n) is 5.70. The molecule has 0 fully saturated rings. The number of benzene rings is 1. The van der Waals surface area contributed by atoms with Crippen molar-refractivity contribution in [3.05, 3.63) is 30.4 Å². The summed E-state index contributed by atoms with van der Waals surface area (Å²) >= 11 is 0. The monoisotopic (exact) mass is 297 g/mol. The second-order valence-corrected chi connectivity index (χ2v) is 5.83. The van der Waals surface area contributed by atoms with E-state index in [1.54, 1.807) is 17.7 Å². The van der Waals surface area contributed by atoms with Crippen molar-refractivity contribution in [3.8, 4) is 5.75 Å². The fourth-order valence-electron chi connectivity index (χ4n) is 1.61. The van der Waals surface area contributed by atoms with Crippen molar-refractivity contribution in [3.63, 3.8) is 0 Å². The highest BCUT2D eigenvalue weighted by Gasteiger charge is 2.20. The van der Waals surface area contributed by atoms with Crippen molar-refractivity contribution >= 4 is 15.7 Å². The average molecular weight is 297 g/mol. The normalized spacial score (nSPS) is 11.5. The zero-order chi connectivity index (χ0) is 14.8. The van der Waals surface area contributed by atoms with Crippen LogP contribution in [0.15, 0.2) is 29.4 Å². The van der Waals surface area contributed by atoms with E-state index in [0.29, 0.717) is 11.5 Å². The van der Waals surface area contributed by atoms with Gasteiger partial charge in [0.05, 0.1) is 13.7 Å². The molecule has 2 rings (SSSR count). The Morgan fingerprint density at radius 2 is 2.20 bits per heavy atom. The molecule has 0 spiro atoms. The fraction of sp³-hybridized carbons (Fsp3) is 0.273. The SMILES string of the molecule is COc1ccc(N)cc1S(=O)(=O)NCc1nncn1C. The summed E-state index contributed by atoms with van der Waals surface area (Å²) in [5.41, 5.74) is 5.96. The van der Waals surface area contributed by atoms with Crippen LogP contribution in [0.25, 0.3) is 0 Å². The molecule has 9 heteroatoms. The predicted octanol–water partition coefficient (Wildman–Crippen LogP) is -0.116. The van der Waals surface area contributed by atoms with Crippen molar-refractivity contribution in [2.75, 3.05) is 12.8 Å². The third kappa shape index (κ3) is 2.89. The Bertz CT molecular complexity index is 711. The second-order valence-electron chi connectivity index (χ2n) is 4.09. The number of methoxy groups -OCH3 is 1. The van der Waals surface area contributed by atoms with Gasteiger partial charge in [-0.1, -0.05) is 0 Å². The quantitative estimate of drug-likeness (QED) is 0.744. The van der Waals surface area contributed by atoms with E-state index >= 15 is 0 Å². The van der Waals surface area contributed by atoms with Crippen LogP contribution in [-0.2, 0) is 23.6 Å². The standard InChI is InChI=1S/C11H15N5O3S/c1-16-7-13-15-11(16)6-14-20(17,18)10-5-8(12)3-4-9(10)19-2/h3-5,7,14H,6,12H2,1-2H3. The molecular weight excluding hydrogens is 282 g/mol. The maximum atomic E-state index is 12.3. The molecule has 3 N–H and O–H groups in total. The molecule has 0 saturated heterocycles. The molecule has 0 bridgehead atoms. The highest BCUT2D eigenvalue weighted by atomic mass is 32.2. The van der Waals surface area contributed by atoms with Gasteiger partial charge in [-0.3, -0.25) is 0 Å². The van der Waals surface area contributed by atoms with Gasteiger partial charge >= 0.3 is 0 Å². The number of nitrogen functional groups attached to an aromatic ring is 1. The lowest BCUT2D eigenvalue weighted by molar-refractivity contribution is 0.402. The summed E-state index contributed by atoms with van der Waals surface area (Å²) in [6.07, 6.45) is 1.49. The predicted molar refractivity (Wildman–Crippen MR) is 72.4 cm³/mol. The van der Waals surface area contributed by atoms with Gasteiger partial charge in [0.1, 0.15) is 22.8 Å². The summed E-state index contributed by atoms with van der Waals surface area (Å²) in [6.45, 7) is 0.0246. The molecule has 2 aromatic rings. The summed E-state index contributed by atoms with van der Waals surface area (Å²) in [6, 6.07) is 4.42. The number of ether oxygens (including phenoxy) is 1. The smallest absolute Gasteiger partial charge is 0.244 e. The number of sulfonamides is 1. The van der Waals surface area contributed by atoms with Crippen LogP contribution < -0.4 is 15.2 Å². The minimum absolute atomic E-state index is 0.0119. The number of aryl methyl sites for hydroxylation is 1. The highest BCUT2D eigenvalue weighted by Crippen LogP contribution is 2.25. The Balaban J connectivity index is 2.26. The molecule has 0 aliphatic carbocycles. The summed E-state index contributed by atoms with van der Waals surface area (Å²) in [5, 5.41) is 7.48. The van der Waals surface area contributed by atoms with Crippen molar-refractivity contribution in [1.29, 1.82) is 0 Å². The molecule has 108 valence electrons. The lowest BCUT2D eigenvalue weighted by Crippen LogP contribution is -2.25. The van der Waals surface area contributed by atoms with E-state index in [0.717, 1.165) is 0 Å². The number of rotatable bonds is 5. The minimum atomic E-state index is -3.75. The Morgan fingerprint density at radius 1 is 1.45 bits per heavy atom. The van der Waals surface area contributed by atoms with Gasteiger partial charge in [-0.2, -0.15) is 0 Å². The van der Waals surface area contributed by atoms with Gasteiger partial charge in [-0.15, -0.1) is 10.2 Å². The fourth-order valence-corrected chi connectivity index (χ4v) is 2.79. The first kappa shape index (κ1) is 14.3. The number of anilines is 1. The van der Waals surface area contributed by atoms with Crippen molar-refractivity contribution < 1.29 is 13.2 Å². The third-order valence-corrected chi connectivity index (χ3v) is 4.13. The van der Waals surface area contributed by atoms with Crippen molar-refractivity contribution in [2.45, 2.75) is 11.4 Å². The maximum Gasteiger partial charge on any atom is 0.244 e. The molecule has 20 heavy (non-hydrogen) atoms. The van der Waals surface area contributed by atoms with Crippen LogP contribution in [0, 0.1) is 0 Å². The maximum absolute atomic E-state index is 12.3.